The van der Waals surface area contributed by atoms with Crippen molar-refractivity contribution in [2.45, 2.75) is 38.1 Å². The third-order valence-corrected chi connectivity index (χ3v) is 7.83. The first kappa shape index (κ1) is 23.4. The molecular weight excluding hydrogens is 417 g/mol. The van der Waals surface area contributed by atoms with Crippen LogP contribution in [0.3, 0.4) is 0 Å². The molecule has 2 aromatic rings. The summed E-state index contributed by atoms with van der Waals surface area (Å²) in [5, 5.41) is 2.92. The van der Waals surface area contributed by atoms with Gasteiger partial charge in [-0.3, -0.25) is 9.69 Å². The van der Waals surface area contributed by atoms with Crippen LogP contribution in [0.1, 0.15) is 23.6 Å². The Labute approximate surface area is 184 Å². The fraction of sp³-hybridized carbons (Fsp3) is 0.435. The number of aryl methyl sites for hydroxylation is 2. The smallest absolute Gasteiger partial charge is 0.243 e. The normalized spacial score (nSPS) is 16.8. The van der Waals surface area contributed by atoms with E-state index < -0.39 is 10.0 Å². The van der Waals surface area contributed by atoms with Crippen LogP contribution in [-0.4, -0.2) is 62.3 Å². The van der Waals surface area contributed by atoms with Crippen LogP contribution in [0.15, 0.2) is 47.4 Å². The molecule has 6 nitrogen and oxygen atoms in total. The molecule has 0 aromatic heterocycles. The van der Waals surface area contributed by atoms with Gasteiger partial charge in [0.05, 0.1) is 10.9 Å². The van der Waals surface area contributed by atoms with Crippen molar-refractivity contribution in [1.29, 1.82) is 0 Å². The van der Waals surface area contributed by atoms with E-state index in [2.05, 4.69) is 5.32 Å². The second kappa shape index (κ2) is 9.89. The van der Waals surface area contributed by atoms with Gasteiger partial charge >= 0.3 is 0 Å². The molecule has 1 N–H and O–H groups in total. The SMILES string of the molecule is Cc1ccc(S(=O)(=O)N2CCN(C(C)C(=O)NCCc3ccc(F)cc3)CC2)c(C)c1. The van der Waals surface area contributed by atoms with Gasteiger partial charge in [0, 0.05) is 32.7 Å². The number of piperazine rings is 1. The molecule has 1 atom stereocenters. The lowest BCUT2D eigenvalue weighted by Crippen LogP contribution is -2.55. The number of nitrogens with zero attached hydrogens (tertiary/aromatic N) is 2. The van der Waals surface area contributed by atoms with Gasteiger partial charge in [-0.2, -0.15) is 4.31 Å². The van der Waals surface area contributed by atoms with Gasteiger partial charge < -0.3 is 5.32 Å². The van der Waals surface area contributed by atoms with Crippen molar-refractivity contribution in [2.75, 3.05) is 32.7 Å². The summed E-state index contributed by atoms with van der Waals surface area (Å²) in [4.78, 5) is 14.9. The number of hydrogen-bond donors (Lipinski definition) is 1. The number of benzene rings is 2. The highest BCUT2D eigenvalue weighted by Crippen LogP contribution is 2.22. The summed E-state index contributed by atoms with van der Waals surface area (Å²) in [5.41, 5.74) is 2.73. The first-order valence-electron chi connectivity index (χ1n) is 10.5. The van der Waals surface area contributed by atoms with E-state index in [-0.39, 0.29) is 17.8 Å². The van der Waals surface area contributed by atoms with E-state index in [0.717, 1.165) is 16.7 Å². The summed E-state index contributed by atoms with van der Waals surface area (Å²) in [6, 6.07) is 11.2. The molecule has 1 amide bonds. The summed E-state index contributed by atoms with van der Waals surface area (Å²) < 4.78 is 40.5. The summed E-state index contributed by atoms with van der Waals surface area (Å²) in [7, 11) is -3.55. The van der Waals surface area contributed by atoms with Crippen molar-refractivity contribution < 1.29 is 17.6 Å². The Morgan fingerprint density at radius 3 is 2.32 bits per heavy atom. The molecule has 3 rings (SSSR count). The lowest BCUT2D eigenvalue weighted by atomic mass is 10.1. The third-order valence-electron chi connectivity index (χ3n) is 5.77. The number of carbonyl (C=O) groups excluding carboxylic acids is 1. The molecule has 0 aliphatic carbocycles. The Bertz CT molecular complexity index is 1020. The second-order valence-corrected chi connectivity index (χ2v) is 9.96. The van der Waals surface area contributed by atoms with Crippen molar-refractivity contribution in [3.05, 3.63) is 65.0 Å². The zero-order chi connectivity index (χ0) is 22.6. The van der Waals surface area contributed by atoms with Gasteiger partial charge in [-0.05, 0) is 56.5 Å². The summed E-state index contributed by atoms with van der Waals surface area (Å²) in [5.74, 6) is -0.368. The first-order chi connectivity index (χ1) is 14.7. The number of rotatable bonds is 7. The van der Waals surface area contributed by atoms with Crippen LogP contribution in [0.25, 0.3) is 0 Å². The number of sulfonamides is 1. The molecule has 1 heterocycles. The van der Waals surface area contributed by atoms with E-state index in [4.69, 9.17) is 0 Å². The van der Waals surface area contributed by atoms with E-state index in [1.807, 2.05) is 37.8 Å². The van der Waals surface area contributed by atoms with Gasteiger partial charge in [0.2, 0.25) is 15.9 Å². The van der Waals surface area contributed by atoms with Crippen molar-refractivity contribution in [1.82, 2.24) is 14.5 Å². The monoisotopic (exact) mass is 447 g/mol. The number of halogens is 1. The van der Waals surface area contributed by atoms with Gasteiger partial charge in [-0.1, -0.05) is 29.8 Å². The van der Waals surface area contributed by atoms with Crippen LogP contribution >= 0.6 is 0 Å². The number of amides is 1. The maximum atomic E-state index is 13.0. The lowest BCUT2D eigenvalue weighted by Gasteiger charge is -2.37. The molecule has 0 spiro atoms. The van der Waals surface area contributed by atoms with Crippen LogP contribution in [0.4, 0.5) is 4.39 Å². The van der Waals surface area contributed by atoms with E-state index in [0.29, 0.717) is 44.0 Å². The zero-order valence-corrected chi connectivity index (χ0v) is 19.1. The molecule has 1 aliphatic heterocycles. The van der Waals surface area contributed by atoms with Crippen LogP contribution in [0.2, 0.25) is 0 Å². The van der Waals surface area contributed by atoms with Crippen LogP contribution < -0.4 is 5.32 Å². The molecule has 8 heteroatoms. The van der Waals surface area contributed by atoms with E-state index in [1.54, 1.807) is 18.2 Å². The predicted octanol–water partition coefficient (Wildman–Crippen LogP) is 2.50. The standard InChI is InChI=1S/C23H30FN3O3S/c1-17-4-9-22(18(2)16-17)31(29,30)27-14-12-26(13-15-27)19(3)23(28)25-11-10-20-5-7-21(24)8-6-20/h4-9,16,19H,10-15H2,1-3H3,(H,25,28). The van der Waals surface area contributed by atoms with Crippen LogP contribution in [-0.2, 0) is 21.2 Å². The van der Waals surface area contributed by atoms with Gasteiger partial charge in [0.15, 0.2) is 0 Å². The maximum absolute atomic E-state index is 13.0. The third kappa shape index (κ3) is 5.70. The molecule has 1 aliphatic rings. The molecule has 1 saturated heterocycles. The Balaban J connectivity index is 1.51. The van der Waals surface area contributed by atoms with Gasteiger partial charge in [0.25, 0.3) is 0 Å². The minimum atomic E-state index is -3.55. The maximum Gasteiger partial charge on any atom is 0.243 e. The quantitative estimate of drug-likeness (QED) is 0.708. The minimum Gasteiger partial charge on any atom is -0.354 e. The Hall–Kier alpha value is -2.29. The topological polar surface area (TPSA) is 69.7 Å². The zero-order valence-electron chi connectivity index (χ0n) is 18.3. The highest BCUT2D eigenvalue weighted by atomic mass is 32.2. The van der Waals surface area contributed by atoms with E-state index in [1.165, 1.54) is 16.4 Å². The van der Waals surface area contributed by atoms with Crippen LogP contribution in [0.5, 0.6) is 0 Å². The molecule has 0 radical (unpaired) electrons. The van der Waals surface area contributed by atoms with Crippen molar-refractivity contribution in [3.8, 4) is 0 Å². The van der Waals surface area contributed by atoms with Gasteiger partial charge in [-0.15, -0.1) is 0 Å². The summed E-state index contributed by atoms with van der Waals surface area (Å²) in [6.07, 6.45) is 0.626. The average molecular weight is 448 g/mol. The molecule has 2 aromatic carbocycles. The highest BCUT2D eigenvalue weighted by molar-refractivity contribution is 7.89. The van der Waals surface area contributed by atoms with Crippen molar-refractivity contribution in [3.63, 3.8) is 0 Å². The first-order valence-corrected chi connectivity index (χ1v) is 12.0. The molecule has 1 fully saturated rings. The highest BCUT2D eigenvalue weighted by Gasteiger charge is 2.32. The summed E-state index contributed by atoms with van der Waals surface area (Å²) >= 11 is 0. The summed E-state index contributed by atoms with van der Waals surface area (Å²) in [6.45, 7) is 7.75. The minimum absolute atomic E-state index is 0.0900. The molecule has 168 valence electrons. The Morgan fingerprint density at radius 1 is 1.06 bits per heavy atom. The molecular formula is C23H30FN3O3S. The second-order valence-electron chi connectivity index (χ2n) is 8.05. The predicted molar refractivity (Wildman–Crippen MR) is 119 cm³/mol. The Morgan fingerprint density at radius 2 is 1.71 bits per heavy atom. The van der Waals surface area contributed by atoms with Gasteiger partial charge in [-0.25, -0.2) is 12.8 Å². The fourth-order valence-electron chi connectivity index (χ4n) is 3.85. The molecule has 0 bridgehead atoms. The van der Waals surface area contributed by atoms with Crippen LogP contribution in [0, 0.1) is 19.7 Å². The molecule has 31 heavy (non-hydrogen) atoms. The fourth-order valence-corrected chi connectivity index (χ4v) is 5.48. The lowest BCUT2D eigenvalue weighted by molar-refractivity contribution is -0.126. The molecule has 0 saturated carbocycles. The van der Waals surface area contributed by atoms with E-state index in [9.17, 15) is 17.6 Å². The number of nitrogens with one attached hydrogen (secondary N) is 1. The van der Waals surface area contributed by atoms with Crippen molar-refractivity contribution in [2.24, 2.45) is 0 Å². The largest absolute Gasteiger partial charge is 0.354 e. The number of hydrogen-bond acceptors (Lipinski definition) is 4. The molecule has 1 unspecified atom stereocenters. The van der Waals surface area contributed by atoms with Gasteiger partial charge in [0.1, 0.15) is 5.82 Å². The van der Waals surface area contributed by atoms with Crippen molar-refractivity contribution >= 4 is 15.9 Å². The Kier molecular flexibility index (Phi) is 7.46. The van der Waals surface area contributed by atoms with E-state index >= 15 is 0 Å². The average Bonchev–Trinajstić information content (AvgIpc) is 2.74. The number of carbonyl (C=O) groups is 1.